The number of carbonyl (C=O) groups excluding carboxylic acids is 2. The third-order valence-electron chi connectivity index (χ3n) is 2.12. The molecule has 0 unspecified atom stereocenters. The van der Waals surface area contributed by atoms with Crippen LogP contribution in [-0.4, -0.2) is 30.1 Å². The Kier molecular flexibility index (Phi) is 5.74. The summed E-state index contributed by atoms with van der Waals surface area (Å²) in [6.07, 6.45) is 0.442. The molecule has 0 aliphatic heterocycles. The van der Waals surface area contributed by atoms with E-state index in [1.54, 1.807) is 0 Å². The largest absolute Gasteiger partial charge is 0.396 e. The van der Waals surface area contributed by atoms with Crippen molar-refractivity contribution in [2.24, 2.45) is 0 Å². The minimum Gasteiger partial charge on any atom is -0.396 e. The lowest BCUT2D eigenvalue weighted by Crippen LogP contribution is -2.40. The summed E-state index contributed by atoms with van der Waals surface area (Å²) in [7, 11) is 0. The number of aliphatic hydroxyl groups is 1. The monoisotopic (exact) mass is 236 g/mol. The molecule has 0 heterocycles. The predicted octanol–water partition coefficient (Wildman–Crippen LogP) is -0.199. The zero-order valence-electron chi connectivity index (χ0n) is 9.48. The molecule has 0 radical (unpaired) electrons. The molecule has 0 bridgehead atoms. The van der Waals surface area contributed by atoms with Gasteiger partial charge in [-0.25, -0.2) is 0 Å². The van der Waals surface area contributed by atoms with Crippen LogP contribution in [0.3, 0.4) is 0 Å². The topological polar surface area (TPSA) is 78.4 Å². The molecule has 17 heavy (non-hydrogen) atoms. The Morgan fingerprint density at radius 1 is 1.06 bits per heavy atom. The third kappa shape index (κ3) is 5.12. The van der Waals surface area contributed by atoms with Crippen LogP contribution < -0.4 is 10.6 Å². The molecule has 3 N–H and O–H groups in total. The first-order valence-corrected chi connectivity index (χ1v) is 5.45. The molecule has 0 aliphatic rings. The van der Waals surface area contributed by atoms with Crippen LogP contribution in [0, 0.1) is 0 Å². The summed E-state index contributed by atoms with van der Waals surface area (Å²) in [5, 5.41) is 13.4. The van der Waals surface area contributed by atoms with E-state index in [0.29, 0.717) is 19.5 Å². The van der Waals surface area contributed by atoms with Crippen molar-refractivity contribution in [1.82, 2.24) is 10.6 Å². The van der Waals surface area contributed by atoms with E-state index < -0.39 is 11.8 Å². The van der Waals surface area contributed by atoms with E-state index in [9.17, 15) is 9.59 Å². The summed E-state index contributed by atoms with van der Waals surface area (Å²) in [6, 6.07) is 9.34. The van der Waals surface area contributed by atoms with E-state index in [1.165, 1.54) is 0 Å². The van der Waals surface area contributed by atoms with Crippen LogP contribution in [-0.2, 0) is 16.1 Å². The van der Waals surface area contributed by atoms with E-state index in [1.807, 2.05) is 30.3 Å². The maximum absolute atomic E-state index is 11.3. The van der Waals surface area contributed by atoms with Crippen molar-refractivity contribution in [1.29, 1.82) is 0 Å². The lowest BCUT2D eigenvalue weighted by Gasteiger charge is -2.05. The van der Waals surface area contributed by atoms with E-state index in [4.69, 9.17) is 5.11 Å². The first-order valence-electron chi connectivity index (χ1n) is 5.45. The molecule has 5 heteroatoms. The zero-order valence-corrected chi connectivity index (χ0v) is 9.48. The SMILES string of the molecule is O=C(NCCCO)C(=O)NCc1ccccc1. The molecule has 0 aliphatic carbocycles. The maximum atomic E-state index is 11.3. The van der Waals surface area contributed by atoms with Crippen LogP contribution in [0.2, 0.25) is 0 Å². The van der Waals surface area contributed by atoms with Crippen LogP contribution in [0.1, 0.15) is 12.0 Å². The Labute approximate surface area is 99.8 Å². The minimum atomic E-state index is -0.672. The van der Waals surface area contributed by atoms with Crippen molar-refractivity contribution in [3.63, 3.8) is 0 Å². The van der Waals surface area contributed by atoms with Crippen molar-refractivity contribution < 1.29 is 14.7 Å². The first-order chi connectivity index (χ1) is 8.24. The van der Waals surface area contributed by atoms with Gasteiger partial charge in [0.1, 0.15) is 0 Å². The number of carbonyl (C=O) groups is 2. The van der Waals surface area contributed by atoms with Crippen LogP contribution >= 0.6 is 0 Å². The van der Waals surface area contributed by atoms with E-state index >= 15 is 0 Å². The van der Waals surface area contributed by atoms with E-state index in [0.717, 1.165) is 5.56 Å². The smallest absolute Gasteiger partial charge is 0.309 e. The van der Waals surface area contributed by atoms with Crippen LogP contribution in [0.15, 0.2) is 30.3 Å². The summed E-state index contributed by atoms with van der Waals surface area (Å²) >= 11 is 0. The van der Waals surface area contributed by atoms with Gasteiger partial charge in [0.2, 0.25) is 0 Å². The highest BCUT2D eigenvalue weighted by Crippen LogP contribution is 1.96. The Hall–Kier alpha value is -1.88. The summed E-state index contributed by atoms with van der Waals surface area (Å²) < 4.78 is 0. The molecule has 1 aromatic rings. The van der Waals surface area contributed by atoms with E-state index in [-0.39, 0.29) is 6.61 Å². The summed E-state index contributed by atoms with van der Waals surface area (Å²) in [4.78, 5) is 22.6. The van der Waals surface area contributed by atoms with E-state index in [2.05, 4.69) is 10.6 Å². The average Bonchev–Trinajstić information content (AvgIpc) is 2.37. The number of amides is 2. The van der Waals surface area contributed by atoms with Gasteiger partial charge >= 0.3 is 11.8 Å². The minimum absolute atomic E-state index is 0.00802. The predicted molar refractivity (Wildman–Crippen MR) is 63.0 cm³/mol. The summed E-state index contributed by atoms with van der Waals surface area (Å²) in [5.74, 6) is -1.33. The van der Waals surface area contributed by atoms with Crippen molar-refractivity contribution in [3.8, 4) is 0 Å². The number of rotatable bonds is 5. The van der Waals surface area contributed by atoms with Gasteiger partial charge in [0, 0.05) is 19.7 Å². The number of aliphatic hydroxyl groups excluding tert-OH is 1. The lowest BCUT2D eigenvalue weighted by atomic mass is 10.2. The number of nitrogens with one attached hydrogen (secondary N) is 2. The molecule has 1 rings (SSSR count). The van der Waals surface area contributed by atoms with Crippen molar-refractivity contribution in [3.05, 3.63) is 35.9 Å². The van der Waals surface area contributed by atoms with Gasteiger partial charge in [-0.1, -0.05) is 30.3 Å². The summed E-state index contributed by atoms with van der Waals surface area (Å²) in [6.45, 7) is 0.618. The van der Waals surface area contributed by atoms with Gasteiger partial charge < -0.3 is 15.7 Å². The van der Waals surface area contributed by atoms with Gasteiger partial charge in [0.15, 0.2) is 0 Å². The molecular formula is C12H16N2O3. The summed E-state index contributed by atoms with van der Waals surface area (Å²) in [5.41, 5.74) is 0.934. The molecule has 0 aromatic heterocycles. The third-order valence-corrected chi connectivity index (χ3v) is 2.12. The fourth-order valence-electron chi connectivity index (χ4n) is 1.22. The lowest BCUT2D eigenvalue weighted by molar-refractivity contribution is -0.139. The quantitative estimate of drug-likeness (QED) is 0.489. The fourth-order valence-corrected chi connectivity index (χ4v) is 1.22. The van der Waals surface area contributed by atoms with Gasteiger partial charge in [-0.2, -0.15) is 0 Å². The highest BCUT2D eigenvalue weighted by Gasteiger charge is 2.11. The first kappa shape index (κ1) is 13.2. The average molecular weight is 236 g/mol. The van der Waals surface area contributed by atoms with Gasteiger partial charge in [0.05, 0.1) is 0 Å². The van der Waals surface area contributed by atoms with Crippen molar-refractivity contribution in [2.45, 2.75) is 13.0 Å². The second kappa shape index (κ2) is 7.40. The molecule has 92 valence electrons. The maximum Gasteiger partial charge on any atom is 0.309 e. The number of hydrogen-bond acceptors (Lipinski definition) is 3. The Morgan fingerprint density at radius 3 is 2.35 bits per heavy atom. The molecular weight excluding hydrogens is 220 g/mol. The number of hydrogen-bond donors (Lipinski definition) is 3. The standard InChI is InChI=1S/C12H16N2O3/c15-8-4-7-13-11(16)12(17)14-9-10-5-2-1-3-6-10/h1-3,5-6,15H,4,7-9H2,(H,13,16)(H,14,17). The normalized spacial score (nSPS) is 9.71. The van der Waals surface area contributed by atoms with Crippen LogP contribution in [0.25, 0.3) is 0 Å². The highest BCUT2D eigenvalue weighted by molar-refractivity contribution is 6.35. The Morgan fingerprint density at radius 2 is 1.71 bits per heavy atom. The molecule has 0 spiro atoms. The number of benzene rings is 1. The van der Waals surface area contributed by atoms with Crippen LogP contribution in [0.4, 0.5) is 0 Å². The fraction of sp³-hybridized carbons (Fsp3) is 0.333. The molecule has 0 saturated carbocycles. The Bertz CT molecular complexity index is 365. The van der Waals surface area contributed by atoms with Crippen molar-refractivity contribution in [2.75, 3.05) is 13.2 Å². The molecule has 2 amide bonds. The molecule has 0 fully saturated rings. The second-order valence-electron chi connectivity index (χ2n) is 3.50. The van der Waals surface area contributed by atoms with Gasteiger partial charge in [-0.05, 0) is 12.0 Å². The highest BCUT2D eigenvalue weighted by atomic mass is 16.3. The molecule has 0 saturated heterocycles. The second-order valence-corrected chi connectivity index (χ2v) is 3.50. The molecule has 5 nitrogen and oxygen atoms in total. The molecule has 1 aromatic carbocycles. The molecule has 0 atom stereocenters. The van der Waals surface area contributed by atoms with Gasteiger partial charge in [-0.3, -0.25) is 9.59 Å². The van der Waals surface area contributed by atoms with Crippen molar-refractivity contribution >= 4 is 11.8 Å². The van der Waals surface area contributed by atoms with Gasteiger partial charge in [-0.15, -0.1) is 0 Å². The van der Waals surface area contributed by atoms with Gasteiger partial charge in [0.25, 0.3) is 0 Å². The van der Waals surface area contributed by atoms with Crippen LogP contribution in [0.5, 0.6) is 0 Å². The zero-order chi connectivity index (χ0) is 12.5. The Balaban J connectivity index is 2.27.